The Hall–Kier alpha value is -2.69. The van der Waals surface area contributed by atoms with E-state index >= 15 is 0 Å². The fourth-order valence-electron chi connectivity index (χ4n) is 6.03. The second-order valence-electron chi connectivity index (χ2n) is 12.7. The third-order valence-corrected chi connectivity index (χ3v) is 8.32. The number of β-amino-alcohol motifs (C(OH)–C–C–N with tert-alkyl or cyclic N) is 1. The minimum Gasteiger partial charge on any atom is -0.444 e. The molecule has 4 rings (SSSR count). The zero-order chi connectivity index (χ0) is 28.9. The minimum atomic E-state index is -1.00. The summed E-state index contributed by atoms with van der Waals surface area (Å²) in [4.78, 5) is 44.0. The van der Waals surface area contributed by atoms with Gasteiger partial charge in [0.05, 0.1) is 31.4 Å². The van der Waals surface area contributed by atoms with E-state index in [4.69, 9.17) is 4.74 Å². The molecule has 3 N–H and O–H groups in total. The first-order valence-corrected chi connectivity index (χ1v) is 14.7. The average Bonchev–Trinajstić information content (AvgIpc) is 3.37. The molecule has 3 aliphatic rings. The first-order valence-electron chi connectivity index (χ1n) is 14.7. The zero-order valence-electron chi connectivity index (χ0n) is 24.5. The Labute approximate surface area is 238 Å². The Bertz CT molecular complexity index is 1020. The molecule has 3 fully saturated rings. The lowest BCUT2D eigenvalue weighted by atomic mass is 9.89. The number of hydrogen-bond donors (Lipinski definition) is 3. The quantitative estimate of drug-likeness (QED) is 0.450. The van der Waals surface area contributed by atoms with Crippen LogP contribution in [0.5, 0.6) is 0 Å². The van der Waals surface area contributed by atoms with E-state index in [2.05, 4.69) is 22.5 Å². The number of nitrogens with one attached hydrogen (secondary N) is 2. The van der Waals surface area contributed by atoms with Gasteiger partial charge in [-0.15, -0.1) is 0 Å². The first-order chi connectivity index (χ1) is 18.9. The molecule has 1 aromatic rings. The van der Waals surface area contributed by atoms with Gasteiger partial charge in [-0.1, -0.05) is 37.3 Å². The Kier molecular flexibility index (Phi) is 9.74. The maximum Gasteiger partial charge on any atom is 0.407 e. The monoisotopic (exact) mass is 557 g/mol. The molecule has 40 heavy (non-hydrogen) atoms. The summed E-state index contributed by atoms with van der Waals surface area (Å²) in [5.74, 6) is 0.263. The number of nitrogens with zero attached hydrogens (tertiary/aromatic N) is 3. The van der Waals surface area contributed by atoms with E-state index in [1.807, 2.05) is 56.0 Å². The number of hydrogen-bond acceptors (Lipinski definition) is 7. The van der Waals surface area contributed by atoms with Gasteiger partial charge < -0.3 is 25.0 Å². The SMILES string of the molecule is C[C@H](CC(=O)N1CCC(O)(CN2CNC(N3CCCC3CNC(=O)OC(C)(C)C)CC2=O)CC1)c1ccccc1. The summed E-state index contributed by atoms with van der Waals surface area (Å²) < 4.78 is 5.36. The van der Waals surface area contributed by atoms with E-state index in [-0.39, 0.29) is 36.5 Å². The molecule has 3 atom stereocenters. The Morgan fingerprint density at radius 1 is 1.18 bits per heavy atom. The number of ether oxygens (including phenoxy) is 1. The van der Waals surface area contributed by atoms with E-state index in [9.17, 15) is 19.5 Å². The highest BCUT2D eigenvalue weighted by atomic mass is 16.6. The van der Waals surface area contributed by atoms with Crippen molar-refractivity contribution in [2.45, 2.75) is 95.5 Å². The number of carbonyl (C=O) groups is 3. The van der Waals surface area contributed by atoms with Crippen LogP contribution in [0, 0.1) is 0 Å². The number of carbonyl (C=O) groups excluding carboxylic acids is 3. The van der Waals surface area contributed by atoms with Crippen molar-refractivity contribution in [1.82, 2.24) is 25.3 Å². The summed E-state index contributed by atoms with van der Waals surface area (Å²) in [6.45, 7) is 10.5. The predicted molar refractivity (Wildman–Crippen MR) is 152 cm³/mol. The van der Waals surface area contributed by atoms with Crippen LogP contribution in [0.2, 0.25) is 0 Å². The van der Waals surface area contributed by atoms with Crippen LogP contribution < -0.4 is 10.6 Å². The van der Waals surface area contributed by atoms with Crippen LogP contribution in [-0.4, -0.2) is 101 Å². The maximum absolute atomic E-state index is 13.1. The van der Waals surface area contributed by atoms with Crippen molar-refractivity contribution in [2.75, 3.05) is 39.4 Å². The molecule has 0 aliphatic carbocycles. The lowest BCUT2D eigenvalue weighted by molar-refractivity contribution is -0.146. The van der Waals surface area contributed by atoms with Gasteiger partial charge in [0.1, 0.15) is 5.60 Å². The van der Waals surface area contributed by atoms with Crippen molar-refractivity contribution in [3.05, 3.63) is 35.9 Å². The van der Waals surface area contributed by atoms with Gasteiger partial charge in [0.25, 0.3) is 0 Å². The number of rotatable bonds is 8. The van der Waals surface area contributed by atoms with Gasteiger partial charge in [0, 0.05) is 38.6 Å². The molecular weight excluding hydrogens is 510 g/mol. The van der Waals surface area contributed by atoms with Gasteiger partial charge in [0.2, 0.25) is 11.8 Å². The Morgan fingerprint density at radius 2 is 1.88 bits per heavy atom. The highest BCUT2D eigenvalue weighted by Gasteiger charge is 2.40. The normalized spacial score (nSPS) is 24.6. The van der Waals surface area contributed by atoms with Crippen molar-refractivity contribution in [2.24, 2.45) is 0 Å². The number of likely N-dealkylation sites (tertiary alicyclic amines) is 2. The predicted octanol–water partition coefficient (Wildman–Crippen LogP) is 2.63. The van der Waals surface area contributed by atoms with Crippen molar-refractivity contribution in [3.8, 4) is 0 Å². The molecule has 0 saturated carbocycles. The molecule has 0 aromatic heterocycles. The molecule has 222 valence electrons. The lowest BCUT2D eigenvalue weighted by Gasteiger charge is -2.44. The summed E-state index contributed by atoms with van der Waals surface area (Å²) in [5, 5.41) is 17.7. The molecule has 0 radical (unpaired) electrons. The zero-order valence-corrected chi connectivity index (χ0v) is 24.5. The highest BCUT2D eigenvalue weighted by molar-refractivity contribution is 5.78. The van der Waals surface area contributed by atoms with Gasteiger partial charge in [-0.05, 0) is 57.9 Å². The van der Waals surface area contributed by atoms with Crippen LogP contribution >= 0.6 is 0 Å². The molecule has 3 amide bonds. The number of aliphatic hydroxyl groups is 1. The van der Waals surface area contributed by atoms with Crippen LogP contribution in [0.25, 0.3) is 0 Å². The number of amides is 3. The van der Waals surface area contributed by atoms with Crippen molar-refractivity contribution in [3.63, 3.8) is 0 Å². The van der Waals surface area contributed by atoms with Crippen LogP contribution in [0.4, 0.5) is 4.79 Å². The van der Waals surface area contributed by atoms with Crippen molar-refractivity contribution >= 4 is 17.9 Å². The summed E-state index contributed by atoms with van der Waals surface area (Å²) >= 11 is 0. The standard InChI is InChI=1S/C30H47N5O5/c1-22(23-9-6-5-7-10-23)17-26(36)33-15-12-30(39,13-16-33)20-34-21-32-25(18-27(34)37)35-14-8-11-24(35)19-31-28(38)40-29(2,3)4/h5-7,9-10,22,24-25,32,39H,8,11-21H2,1-4H3,(H,31,38)/t22-,24?,25?/m1/s1. The summed E-state index contributed by atoms with van der Waals surface area (Å²) in [6, 6.07) is 10.2. The molecule has 0 bridgehead atoms. The third kappa shape index (κ3) is 8.17. The third-order valence-electron chi connectivity index (χ3n) is 8.32. The summed E-state index contributed by atoms with van der Waals surface area (Å²) in [6.07, 6.45) is 3.11. The van der Waals surface area contributed by atoms with Gasteiger partial charge in [-0.3, -0.25) is 19.8 Å². The van der Waals surface area contributed by atoms with E-state index in [0.29, 0.717) is 52.0 Å². The fourth-order valence-corrected chi connectivity index (χ4v) is 6.03. The van der Waals surface area contributed by atoms with Crippen molar-refractivity contribution < 1.29 is 24.2 Å². The molecule has 10 heteroatoms. The van der Waals surface area contributed by atoms with Gasteiger partial charge in [0.15, 0.2) is 0 Å². The Balaban J connectivity index is 1.21. The van der Waals surface area contributed by atoms with Gasteiger partial charge in [-0.2, -0.15) is 0 Å². The van der Waals surface area contributed by atoms with Crippen LogP contribution in [0.1, 0.15) is 77.7 Å². The topological polar surface area (TPSA) is 114 Å². The minimum absolute atomic E-state index is 0.0121. The van der Waals surface area contributed by atoms with E-state index in [0.717, 1.165) is 24.9 Å². The molecule has 2 unspecified atom stereocenters. The largest absolute Gasteiger partial charge is 0.444 e. The molecule has 3 aliphatic heterocycles. The average molecular weight is 558 g/mol. The molecule has 0 spiro atoms. The van der Waals surface area contributed by atoms with E-state index < -0.39 is 17.3 Å². The molecule has 1 aromatic carbocycles. The second kappa shape index (κ2) is 12.9. The summed E-state index contributed by atoms with van der Waals surface area (Å²) in [7, 11) is 0. The maximum atomic E-state index is 13.1. The Morgan fingerprint density at radius 3 is 2.52 bits per heavy atom. The number of piperidine rings is 1. The van der Waals surface area contributed by atoms with Crippen LogP contribution in [0.3, 0.4) is 0 Å². The first kappa shape index (κ1) is 30.3. The van der Waals surface area contributed by atoms with E-state index in [1.54, 1.807) is 4.90 Å². The molecule has 3 heterocycles. The lowest BCUT2D eigenvalue weighted by Crippen LogP contribution is -2.62. The highest BCUT2D eigenvalue weighted by Crippen LogP contribution is 2.28. The van der Waals surface area contributed by atoms with Crippen LogP contribution in [-0.2, 0) is 14.3 Å². The fraction of sp³-hybridized carbons (Fsp3) is 0.700. The smallest absolute Gasteiger partial charge is 0.407 e. The molecule has 10 nitrogen and oxygen atoms in total. The van der Waals surface area contributed by atoms with Gasteiger partial charge >= 0.3 is 6.09 Å². The van der Waals surface area contributed by atoms with Crippen LogP contribution in [0.15, 0.2) is 30.3 Å². The molecular formula is C30H47N5O5. The number of benzene rings is 1. The van der Waals surface area contributed by atoms with Gasteiger partial charge in [-0.25, -0.2) is 4.79 Å². The number of alkyl carbamates (subject to hydrolysis) is 1. The molecule has 3 saturated heterocycles. The second-order valence-corrected chi connectivity index (χ2v) is 12.7. The van der Waals surface area contributed by atoms with E-state index in [1.165, 1.54) is 0 Å². The van der Waals surface area contributed by atoms with Crippen molar-refractivity contribution in [1.29, 1.82) is 0 Å². The summed E-state index contributed by atoms with van der Waals surface area (Å²) in [5.41, 5.74) is -0.393.